The molecule has 2 amide bonds. The van der Waals surface area contributed by atoms with Gasteiger partial charge in [0.2, 0.25) is 0 Å². The molecule has 0 aromatic rings. The van der Waals surface area contributed by atoms with E-state index in [0.717, 1.165) is 19.5 Å². The monoisotopic (exact) mass is 268 g/mol. The van der Waals surface area contributed by atoms with Crippen LogP contribution in [0.4, 0.5) is 4.79 Å². The number of nitrogens with zero attached hydrogens (tertiary/aromatic N) is 2. The zero-order valence-corrected chi connectivity index (χ0v) is 11.7. The smallest absolute Gasteiger partial charge is 0.320 e. The van der Waals surface area contributed by atoms with Crippen molar-refractivity contribution >= 4 is 12.0 Å². The molecule has 2 rings (SSSR count). The molecule has 19 heavy (non-hydrogen) atoms. The highest BCUT2D eigenvalue weighted by Crippen LogP contribution is 2.30. The van der Waals surface area contributed by atoms with Gasteiger partial charge in [-0.25, -0.2) is 4.79 Å². The number of urea groups is 1. The lowest BCUT2D eigenvalue weighted by Gasteiger charge is -2.34. The normalized spacial score (nSPS) is 20.4. The van der Waals surface area contributed by atoms with Crippen LogP contribution in [0.25, 0.3) is 0 Å². The molecular formula is C14H24N2O3. The van der Waals surface area contributed by atoms with E-state index >= 15 is 0 Å². The minimum atomic E-state index is -0.726. The average Bonchev–Trinajstić information content (AvgIpc) is 3.21. The van der Waals surface area contributed by atoms with Crippen molar-refractivity contribution in [3.05, 3.63) is 0 Å². The fraction of sp³-hybridized carbons (Fsp3) is 0.857. The standard InChI is InChI=1S/C14H24N2O3/c1-2-7-16(10-11-3-4-11)14(19)15-8-5-12(6-9-15)13(17)18/h11-12H,2-10H2,1H3,(H,17,18). The van der Waals surface area contributed by atoms with Gasteiger partial charge in [0.1, 0.15) is 0 Å². The van der Waals surface area contributed by atoms with E-state index < -0.39 is 5.97 Å². The summed E-state index contributed by atoms with van der Waals surface area (Å²) >= 11 is 0. The Morgan fingerprint density at radius 2 is 1.84 bits per heavy atom. The summed E-state index contributed by atoms with van der Waals surface area (Å²) in [5.74, 6) is -0.297. The van der Waals surface area contributed by atoms with E-state index in [2.05, 4.69) is 6.92 Å². The Hall–Kier alpha value is -1.26. The van der Waals surface area contributed by atoms with Crippen molar-refractivity contribution in [1.82, 2.24) is 9.80 Å². The van der Waals surface area contributed by atoms with E-state index in [4.69, 9.17) is 5.11 Å². The summed E-state index contributed by atoms with van der Waals surface area (Å²) in [6.45, 7) is 4.95. The molecule has 0 aromatic carbocycles. The SMILES string of the molecule is CCCN(CC1CC1)C(=O)N1CCC(C(=O)O)CC1. The second-order valence-corrected chi connectivity index (χ2v) is 5.77. The maximum Gasteiger partial charge on any atom is 0.320 e. The number of carbonyl (C=O) groups is 2. The molecule has 5 nitrogen and oxygen atoms in total. The Bertz CT molecular complexity index is 334. The van der Waals surface area contributed by atoms with Crippen LogP contribution in [-0.2, 0) is 4.79 Å². The van der Waals surface area contributed by atoms with Gasteiger partial charge in [-0.05, 0) is 38.0 Å². The first-order valence-corrected chi connectivity index (χ1v) is 7.38. The molecule has 1 saturated carbocycles. The van der Waals surface area contributed by atoms with Crippen LogP contribution in [0, 0.1) is 11.8 Å². The molecular weight excluding hydrogens is 244 g/mol. The molecule has 108 valence electrons. The van der Waals surface area contributed by atoms with Gasteiger partial charge in [0.25, 0.3) is 0 Å². The maximum absolute atomic E-state index is 12.4. The predicted octanol–water partition coefficient (Wildman–Crippen LogP) is 2.03. The van der Waals surface area contributed by atoms with Gasteiger partial charge in [-0.3, -0.25) is 4.79 Å². The summed E-state index contributed by atoms with van der Waals surface area (Å²) in [5, 5.41) is 8.97. The van der Waals surface area contributed by atoms with Crippen LogP contribution in [0.5, 0.6) is 0 Å². The van der Waals surface area contributed by atoms with Crippen LogP contribution in [0.1, 0.15) is 39.0 Å². The summed E-state index contributed by atoms with van der Waals surface area (Å²) in [7, 11) is 0. The molecule has 0 spiro atoms. The number of likely N-dealkylation sites (tertiary alicyclic amines) is 1. The molecule has 1 saturated heterocycles. The largest absolute Gasteiger partial charge is 0.481 e. The minimum absolute atomic E-state index is 0.109. The third kappa shape index (κ3) is 3.85. The van der Waals surface area contributed by atoms with Crippen molar-refractivity contribution in [3.63, 3.8) is 0 Å². The molecule has 1 aliphatic carbocycles. The van der Waals surface area contributed by atoms with E-state index in [1.54, 1.807) is 0 Å². The number of hydrogen-bond donors (Lipinski definition) is 1. The Morgan fingerprint density at radius 1 is 1.21 bits per heavy atom. The summed E-state index contributed by atoms with van der Waals surface area (Å²) < 4.78 is 0. The number of amides is 2. The Morgan fingerprint density at radius 3 is 2.32 bits per heavy atom. The lowest BCUT2D eigenvalue weighted by atomic mass is 9.97. The average molecular weight is 268 g/mol. The molecule has 0 radical (unpaired) electrons. The van der Waals surface area contributed by atoms with E-state index in [-0.39, 0.29) is 11.9 Å². The highest BCUT2D eigenvalue weighted by molar-refractivity contribution is 5.75. The van der Waals surface area contributed by atoms with E-state index in [9.17, 15) is 9.59 Å². The third-order valence-corrected chi connectivity index (χ3v) is 4.05. The molecule has 0 atom stereocenters. The van der Waals surface area contributed by atoms with Gasteiger partial charge in [0, 0.05) is 26.2 Å². The molecule has 2 aliphatic rings. The lowest BCUT2D eigenvalue weighted by molar-refractivity contribution is -0.143. The van der Waals surface area contributed by atoms with Crippen molar-refractivity contribution < 1.29 is 14.7 Å². The quantitative estimate of drug-likeness (QED) is 0.830. The Kier molecular flexibility index (Phi) is 4.66. The van der Waals surface area contributed by atoms with Crippen LogP contribution in [0.15, 0.2) is 0 Å². The van der Waals surface area contributed by atoms with Crippen LogP contribution < -0.4 is 0 Å². The van der Waals surface area contributed by atoms with Crippen molar-refractivity contribution in [2.24, 2.45) is 11.8 Å². The first-order valence-electron chi connectivity index (χ1n) is 7.38. The number of piperidine rings is 1. The molecule has 1 N–H and O–H groups in total. The zero-order chi connectivity index (χ0) is 13.8. The highest BCUT2D eigenvalue weighted by Gasteiger charge is 2.31. The first-order chi connectivity index (χ1) is 9.11. The Labute approximate surface area is 114 Å². The number of hydrogen-bond acceptors (Lipinski definition) is 2. The summed E-state index contributed by atoms with van der Waals surface area (Å²) in [6, 6.07) is 0.109. The van der Waals surface area contributed by atoms with Crippen molar-refractivity contribution in [3.8, 4) is 0 Å². The van der Waals surface area contributed by atoms with Gasteiger partial charge in [-0.2, -0.15) is 0 Å². The number of carboxylic acid groups (broad SMARTS) is 1. The van der Waals surface area contributed by atoms with Gasteiger partial charge < -0.3 is 14.9 Å². The zero-order valence-electron chi connectivity index (χ0n) is 11.7. The van der Waals surface area contributed by atoms with E-state index in [1.165, 1.54) is 12.8 Å². The Balaban J connectivity index is 1.85. The van der Waals surface area contributed by atoms with Gasteiger partial charge in [0.15, 0.2) is 0 Å². The number of carboxylic acids is 1. The van der Waals surface area contributed by atoms with Crippen molar-refractivity contribution in [1.29, 1.82) is 0 Å². The minimum Gasteiger partial charge on any atom is -0.481 e. The van der Waals surface area contributed by atoms with E-state index in [1.807, 2.05) is 9.80 Å². The van der Waals surface area contributed by atoms with Crippen LogP contribution in [0.3, 0.4) is 0 Å². The second-order valence-electron chi connectivity index (χ2n) is 5.77. The number of carbonyl (C=O) groups excluding carboxylic acids is 1. The molecule has 0 aromatic heterocycles. The van der Waals surface area contributed by atoms with Gasteiger partial charge in [-0.1, -0.05) is 6.92 Å². The third-order valence-electron chi connectivity index (χ3n) is 4.05. The summed E-state index contributed by atoms with van der Waals surface area (Å²) in [6.07, 6.45) is 4.64. The maximum atomic E-state index is 12.4. The van der Waals surface area contributed by atoms with Crippen LogP contribution in [-0.4, -0.2) is 53.1 Å². The van der Waals surface area contributed by atoms with Gasteiger partial charge in [-0.15, -0.1) is 0 Å². The summed E-state index contributed by atoms with van der Waals surface area (Å²) in [5.41, 5.74) is 0. The molecule has 1 aliphatic heterocycles. The molecule has 1 heterocycles. The van der Waals surface area contributed by atoms with Crippen molar-refractivity contribution in [2.75, 3.05) is 26.2 Å². The van der Waals surface area contributed by atoms with Gasteiger partial charge in [0.05, 0.1) is 5.92 Å². The summed E-state index contributed by atoms with van der Waals surface area (Å²) in [4.78, 5) is 27.1. The fourth-order valence-corrected chi connectivity index (χ4v) is 2.66. The first kappa shape index (κ1) is 14.2. The van der Waals surface area contributed by atoms with Crippen LogP contribution >= 0.6 is 0 Å². The lowest BCUT2D eigenvalue weighted by Crippen LogP contribution is -2.48. The second kappa shape index (κ2) is 6.26. The fourth-order valence-electron chi connectivity index (χ4n) is 2.66. The topological polar surface area (TPSA) is 60.9 Å². The van der Waals surface area contributed by atoms with Gasteiger partial charge >= 0.3 is 12.0 Å². The number of aliphatic carboxylic acids is 1. The highest BCUT2D eigenvalue weighted by atomic mass is 16.4. The predicted molar refractivity (Wildman–Crippen MR) is 71.9 cm³/mol. The number of rotatable bonds is 5. The molecule has 0 bridgehead atoms. The van der Waals surface area contributed by atoms with Crippen LogP contribution in [0.2, 0.25) is 0 Å². The van der Waals surface area contributed by atoms with E-state index in [0.29, 0.717) is 31.8 Å². The molecule has 2 fully saturated rings. The molecule has 0 unspecified atom stereocenters. The van der Waals surface area contributed by atoms with Crippen molar-refractivity contribution in [2.45, 2.75) is 39.0 Å². The molecule has 5 heteroatoms.